The van der Waals surface area contributed by atoms with Crippen molar-refractivity contribution in [3.63, 3.8) is 0 Å². The maximum atomic E-state index is 13.5. The fraction of sp³-hybridized carbons (Fsp3) is 0.194. The molecule has 1 N–H and O–H groups in total. The molecule has 1 heterocycles. The molecule has 258 valence electrons. The number of carbonyl (C=O) groups is 4. The van der Waals surface area contributed by atoms with Crippen LogP contribution in [0, 0.1) is 5.41 Å². The highest BCUT2D eigenvalue weighted by atomic mass is 35.6. The first-order valence-corrected chi connectivity index (χ1v) is 16.1. The van der Waals surface area contributed by atoms with Crippen molar-refractivity contribution in [1.29, 1.82) is 5.41 Å². The molecule has 1 aliphatic rings. The predicted molar refractivity (Wildman–Crippen MR) is 181 cm³/mol. The summed E-state index contributed by atoms with van der Waals surface area (Å²) in [6.07, 6.45) is -8.06. The van der Waals surface area contributed by atoms with Crippen molar-refractivity contribution in [2.45, 2.75) is 34.5 Å². The average Bonchev–Trinajstić information content (AvgIpc) is 3.45. The first-order chi connectivity index (χ1) is 24.0. The van der Waals surface area contributed by atoms with Gasteiger partial charge < -0.3 is 28.4 Å². The van der Waals surface area contributed by atoms with E-state index in [1.165, 1.54) is 48.5 Å². The van der Waals surface area contributed by atoms with Gasteiger partial charge in [-0.15, -0.1) is 0 Å². The van der Waals surface area contributed by atoms with Crippen LogP contribution in [-0.4, -0.2) is 70.9 Å². The second kappa shape index (κ2) is 16.6. The number of esters is 4. The van der Waals surface area contributed by atoms with Gasteiger partial charge in [-0.1, -0.05) is 108 Å². The lowest BCUT2D eigenvalue weighted by atomic mass is 10.0. The van der Waals surface area contributed by atoms with Gasteiger partial charge in [-0.3, -0.25) is 5.41 Å². The van der Waals surface area contributed by atoms with Gasteiger partial charge in [-0.2, -0.15) is 0 Å². The van der Waals surface area contributed by atoms with E-state index in [9.17, 15) is 19.2 Å². The number of alkyl halides is 3. The normalized spacial score (nSPS) is 19.0. The maximum Gasteiger partial charge on any atom is 0.338 e. The Morgan fingerprint density at radius 1 is 0.600 bits per heavy atom. The Bertz CT molecular complexity index is 1790. The van der Waals surface area contributed by atoms with Gasteiger partial charge in [-0.05, 0) is 48.5 Å². The second-order valence-corrected chi connectivity index (χ2v) is 12.9. The molecule has 1 saturated heterocycles. The molecule has 0 aromatic heterocycles. The number of ether oxygens (including phenoxy) is 6. The molecule has 4 aromatic carbocycles. The van der Waals surface area contributed by atoms with Gasteiger partial charge >= 0.3 is 23.9 Å². The lowest BCUT2D eigenvalue weighted by Crippen LogP contribution is -2.47. The molecule has 5 rings (SSSR count). The summed E-state index contributed by atoms with van der Waals surface area (Å²) >= 11 is 17.7. The van der Waals surface area contributed by atoms with E-state index in [0.29, 0.717) is 0 Å². The first-order valence-electron chi connectivity index (χ1n) is 15.0. The van der Waals surface area contributed by atoms with Crippen LogP contribution in [0.15, 0.2) is 121 Å². The molecule has 0 amide bonds. The van der Waals surface area contributed by atoms with Crippen LogP contribution >= 0.6 is 34.8 Å². The van der Waals surface area contributed by atoms with Crippen LogP contribution in [0.3, 0.4) is 0 Å². The zero-order valence-electron chi connectivity index (χ0n) is 25.9. The van der Waals surface area contributed by atoms with E-state index in [4.69, 9.17) is 68.6 Å². The number of benzene rings is 4. The highest BCUT2D eigenvalue weighted by Gasteiger charge is 2.56. The Hall–Kier alpha value is -4.94. The minimum absolute atomic E-state index is 0.114. The second-order valence-electron chi connectivity index (χ2n) is 10.7. The first kappa shape index (κ1) is 36.3. The summed E-state index contributed by atoms with van der Waals surface area (Å²) in [7, 11) is 0. The quantitative estimate of drug-likeness (QED) is 0.0586. The Kier molecular flexibility index (Phi) is 12.1. The lowest BCUT2D eigenvalue weighted by molar-refractivity contribution is -0.146. The molecule has 1 aliphatic heterocycles. The molecule has 0 spiro atoms. The fourth-order valence-electron chi connectivity index (χ4n) is 4.81. The highest BCUT2D eigenvalue weighted by Crippen LogP contribution is 2.36. The predicted octanol–water partition coefficient (Wildman–Crippen LogP) is 6.61. The van der Waals surface area contributed by atoms with Crippen molar-refractivity contribution in [3.8, 4) is 0 Å². The van der Waals surface area contributed by atoms with Crippen LogP contribution in [-0.2, 0) is 28.4 Å². The molecule has 11 nitrogen and oxygen atoms in total. The van der Waals surface area contributed by atoms with Crippen molar-refractivity contribution >= 4 is 64.6 Å². The summed E-state index contributed by atoms with van der Waals surface area (Å²) in [5, 5.41) is 8.21. The number of hydrogen-bond donors (Lipinski definition) is 1. The van der Waals surface area contributed by atoms with Gasteiger partial charge in [-0.25, -0.2) is 19.2 Å². The third-order valence-electron chi connectivity index (χ3n) is 7.23. The van der Waals surface area contributed by atoms with E-state index >= 15 is 0 Å². The van der Waals surface area contributed by atoms with E-state index < -0.39 is 70.9 Å². The molecule has 4 aromatic rings. The fourth-order valence-corrected chi connectivity index (χ4v) is 4.94. The summed E-state index contributed by atoms with van der Waals surface area (Å²) in [5.41, 5.74) is 0.571. The Labute approximate surface area is 301 Å². The molecule has 50 heavy (non-hydrogen) atoms. The third kappa shape index (κ3) is 9.39. The molecular weight excluding hydrogens is 713 g/mol. The SMILES string of the molecule is N=C(O[C@@H]1O[C@@H]([C@H](COC(=O)c2ccccc2)OC(=O)c2ccccc2)[C@H](OC(=O)c2ccccc2)[C@H]1OC(=O)c1ccccc1)C(Cl)(Cl)Cl. The van der Waals surface area contributed by atoms with Crippen molar-refractivity contribution in [1.82, 2.24) is 0 Å². The molecule has 0 radical (unpaired) electrons. The standard InChI is InChI=1S/C36H28Cl3NO10/c37-36(38,39)35(40)50-34-29(48-33(44)25-19-11-4-12-20-25)28(47-32(43)24-17-9-3-10-18-24)27(49-34)26(46-31(42)23-15-7-2-8-16-23)21-45-30(41)22-13-5-1-6-14-22/h1-20,26-29,34,40H,21H2/t26-,27-,28-,29+,34-/m0/s1. The topological polar surface area (TPSA) is 148 Å². The van der Waals surface area contributed by atoms with Crippen LogP contribution in [0.5, 0.6) is 0 Å². The molecule has 1 fully saturated rings. The molecule has 14 heteroatoms. The summed E-state index contributed by atoms with van der Waals surface area (Å²) in [4.78, 5) is 53.3. The molecule has 0 unspecified atom stereocenters. The summed E-state index contributed by atoms with van der Waals surface area (Å²) < 4.78 is 32.3. The van der Waals surface area contributed by atoms with Gasteiger partial charge in [0, 0.05) is 0 Å². The monoisotopic (exact) mass is 739 g/mol. The van der Waals surface area contributed by atoms with E-state index in [1.807, 2.05) is 0 Å². The Morgan fingerprint density at radius 2 is 1.00 bits per heavy atom. The number of halogens is 3. The molecule has 0 saturated carbocycles. The van der Waals surface area contributed by atoms with Crippen LogP contribution < -0.4 is 0 Å². The number of nitrogens with one attached hydrogen (secondary N) is 1. The maximum absolute atomic E-state index is 13.5. The van der Waals surface area contributed by atoms with Crippen molar-refractivity contribution in [2.75, 3.05) is 6.61 Å². The van der Waals surface area contributed by atoms with Gasteiger partial charge in [0.25, 0.3) is 3.79 Å². The van der Waals surface area contributed by atoms with Gasteiger partial charge in [0.15, 0.2) is 12.2 Å². The van der Waals surface area contributed by atoms with Gasteiger partial charge in [0.1, 0.15) is 12.7 Å². The Morgan fingerprint density at radius 3 is 1.44 bits per heavy atom. The Balaban J connectivity index is 1.54. The average molecular weight is 741 g/mol. The number of carbonyl (C=O) groups excluding carboxylic acids is 4. The largest absolute Gasteiger partial charge is 0.458 e. The van der Waals surface area contributed by atoms with Crippen LogP contribution in [0.2, 0.25) is 0 Å². The van der Waals surface area contributed by atoms with E-state index in [0.717, 1.165) is 0 Å². The molecular formula is C36H28Cl3NO10. The van der Waals surface area contributed by atoms with Crippen LogP contribution in [0.4, 0.5) is 0 Å². The van der Waals surface area contributed by atoms with Crippen molar-refractivity contribution in [2.24, 2.45) is 0 Å². The van der Waals surface area contributed by atoms with Crippen molar-refractivity contribution < 1.29 is 47.6 Å². The third-order valence-corrected chi connectivity index (χ3v) is 7.74. The highest BCUT2D eigenvalue weighted by molar-refractivity contribution is 6.76. The smallest absolute Gasteiger partial charge is 0.338 e. The number of hydrogen-bond acceptors (Lipinski definition) is 11. The van der Waals surface area contributed by atoms with Gasteiger partial charge in [0.05, 0.1) is 22.3 Å². The van der Waals surface area contributed by atoms with E-state index in [2.05, 4.69) is 0 Å². The molecule has 0 aliphatic carbocycles. The molecule has 5 atom stereocenters. The zero-order chi connectivity index (χ0) is 35.7. The zero-order valence-corrected chi connectivity index (χ0v) is 28.1. The minimum atomic E-state index is -2.38. The summed E-state index contributed by atoms with van der Waals surface area (Å²) in [6, 6.07) is 31.7. The summed E-state index contributed by atoms with van der Waals surface area (Å²) in [6.45, 7) is -0.621. The minimum Gasteiger partial charge on any atom is -0.458 e. The van der Waals surface area contributed by atoms with Crippen LogP contribution in [0.1, 0.15) is 41.4 Å². The van der Waals surface area contributed by atoms with E-state index in [-0.39, 0.29) is 22.3 Å². The van der Waals surface area contributed by atoms with Crippen LogP contribution in [0.25, 0.3) is 0 Å². The van der Waals surface area contributed by atoms with Gasteiger partial charge in [0.2, 0.25) is 18.3 Å². The summed E-state index contributed by atoms with van der Waals surface area (Å²) in [5.74, 6) is -4.30. The van der Waals surface area contributed by atoms with Crippen molar-refractivity contribution in [3.05, 3.63) is 144 Å². The molecule has 0 bridgehead atoms. The number of rotatable bonds is 11. The van der Waals surface area contributed by atoms with E-state index in [1.54, 1.807) is 72.8 Å². The lowest BCUT2D eigenvalue weighted by Gasteiger charge is -2.28.